The summed E-state index contributed by atoms with van der Waals surface area (Å²) in [4.78, 5) is 2.49. The number of likely N-dealkylation sites (tertiary alicyclic amines) is 1. The fraction of sp³-hybridized carbons (Fsp3) is 1.00. The highest BCUT2D eigenvalue weighted by molar-refractivity contribution is 4.91. The Morgan fingerprint density at radius 3 is 2.65 bits per heavy atom. The molecule has 3 heteroatoms. The molecule has 1 aliphatic heterocycles. The van der Waals surface area contributed by atoms with Crippen LogP contribution < -0.4 is 5.32 Å². The molecule has 100 valence electrons. The minimum absolute atomic E-state index is 0.370. The van der Waals surface area contributed by atoms with Gasteiger partial charge in [-0.2, -0.15) is 0 Å². The summed E-state index contributed by atoms with van der Waals surface area (Å²) in [5.74, 6) is 0.749. The van der Waals surface area contributed by atoms with Crippen molar-refractivity contribution in [3.8, 4) is 0 Å². The number of rotatable bonds is 4. The third-order valence-electron chi connectivity index (χ3n) is 4.77. The van der Waals surface area contributed by atoms with E-state index in [1.807, 2.05) is 0 Å². The van der Waals surface area contributed by atoms with Gasteiger partial charge in [-0.1, -0.05) is 26.2 Å². The Morgan fingerprint density at radius 1 is 1.35 bits per heavy atom. The lowest BCUT2D eigenvalue weighted by atomic mass is 9.89. The summed E-state index contributed by atoms with van der Waals surface area (Å²) in [6, 6.07) is 0.675. The molecular weight excluding hydrogens is 212 g/mol. The molecule has 1 aliphatic carbocycles. The maximum Gasteiger partial charge on any atom is 0.0774 e. The fourth-order valence-corrected chi connectivity index (χ4v) is 3.65. The first-order valence-corrected chi connectivity index (χ1v) is 7.29. The molecule has 0 amide bonds. The van der Waals surface area contributed by atoms with Crippen LogP contribution in [0, 0.1) is 5.92 Å². The number of β-amino-alcohol motifs (C(OH)–C–C–N with tert-alkyl or cyclic N) is 1. The highest BCUT2D eigenvalue weighted by Gasteiger charge is 2.35. The molecule has 1 saturated carbocycles. The maximum absolute atomic E-state index is 10.5. The highest BCUT2D eigenvalue weighted by Crippen LogP contribution is 2.31. The predicted molar refractivity (Wildman–Crippen MR) is 71.1 cm³/mol. The first kappa shape index (κ1) is 13.3. The maximum atomic E-state index is 10.5. The molecule has 0 aromatic rings. The Balaban J connectivity index is 1.86. The van der Waals surface area contributed by atoms with Crippen LogP contribution in [0.4, 0.5) is 0 Å². The second-order valence-corrected chi connectivity index (χ2v) is 6.02. The summed E-state index contributed by atoms with van der Waals surface area (Å²) in [5, 5.41) is 13.9. The van der Waals surface area contributed by atoms with Crippen molar-refractivity contribution in [2.45, 2.75) is 57.1 Å². The number of aliphatic hydroxyl groups is 1. The zero-order chi connectivity index (χ0) is 12.3. The van der Waals surface area contributed by atoms with Crippen LogP contribution >= 0.6 is 0 Å². The minimum Gasteiger partial charge on any atom is -0.389 e. The van der Waals surface area contributed by atoms with Crippen molar-refractivity contribution in [2.24, 2.45) is 5.92 Å². The molecule has 0 spiro atoms. The van der Waals surface area contributed by atoms with E-state index in [9.17, 15) is 5.11 Å². The van der Waals surface area contributed by atoms with E-state index in [-0.39, 0.29) is 5.60 Å². The highest BCUT2D eigenvalue weighted by atomic mass is 16.3. The lowest BCUT2D eigenvalue weighted by Gasteiger charge is -2.41. The van der Waals surface area contributed by atoms with E-state index in [1.165, 1.54) is 25.7 Å². The van der Waals surface area contributed by atoms with Crippen LogP contribution in [0.5, 0.6) is 0 Å². The molecule has 3 nitrogen and oxygen atoms in total. The van der Waals surface area contributed by atoms with Gasteiger partial charge in [-0.05, 0) is 38.8 Å². The Hall–Kier alpha value is -0.120. The molecule has 1 saturated heterocycles. The summed E-state index contributed by atoms with van der Waals surface area (Å²) in [5.41, 5.74) is -0.370. The van der Waals surface area contributed by atoms with Crippen LogP contribution in [-0.2, 0) is 0 Å². The summed E-state index contributed by atoms with van der Waals surface area (Å²) < 4.78 is 0. The van der Waals surface area contributed by atoms with E-state index in [4.69, 9.17) is 0 Å². The van der Waals surface area contributed by atoms with Gasteiger partial charge in [0.15, 0.2) is 0 Å². The zero-order valence-electron chi connectivity index (χ0n) is 11.4. The minimum atomic E-state index is -0.370. The number of hydrogen-bond acceptors (Lipinski definition) is 3. The second-order valence-electron chi connectivity index (χ2n) is 6.02. The first-order valence-electron chi connectivity index (χ1n) is 7.29. The average molecular weight is 240 g/mol. The fourth-order valence-electron chi connectivity index (χ4n) is 3.65. The van der Waals surface area contributed by atoms with Crippen molar-refractivity contribution in [1.82, 2.24) is 10.2 Å². The first-order chi connectivity index (χ1) is 8.17. The molecule has 0 aromatic carbocycles. The Kier molecular flexibility index (Phi) is 4.45. The van der Waals surface area contributed by atoms with Gasteiger partial charge in [-0.25, -0.2) is 0 Å². The Labute approximate surface area is 106 Å². The number of nitrogens with zero attached hydrogens (tertiary/aromatic N) is 1. The quantitative estimate of drug-likeness (QED) is 0.784. The molecule has 0 bridgehead atoms. The van der Waals surface area contributed by atoms with Gasteiger partial charge in [0.1, 0.15) is 0 Å². The third kappa shape index (κ3) is 3.21. The van der Waals surface area contributed by atoms with Crippen LogP contribution in [-0.4, -0.2) is 48.3 Å². The number of nitrogens with one attached hydrogen (secondary N) is 1. The molecule has 2 aliphatic rings. The molecule has 17 heavy (non-hydrogen) atoms. The van der Waals surface area contributed by atoms with Gasteiger partial charge in [-0.3, -0.25) is 0 Å². The molecule has 0 aromatic heterocycles. The third-order valence-corrected chi connectivity index (χ3v) is 4.77. The summed E-state index contributed by atoms with van der Waals surface area (Å²) in [6.45, 7) is 5.48. The van der Waals surface area contributed by atoms with Gasteiger partial charge in [-0.15, -0.1) is 0 Å². The molecule has 2 fully saturated rings. The van der Waals surface area contributed by atoms with Gasteiger partial charge in [0.05, 0.1) is 5.60 Å². The van der Waals surface area contributed by atoms with Gasteiger partial charge < -0.3 is 15.3 Å². The second kappa shape index (κ2) is 5.68. The summed E-state index contributed by atoms with van der Waals surface area (Å²) in [7, 11) is 2.08. The molecule has 0 radical (unpaired) electrons. The molecule has 2 N–H and O–H groups in total. The van der Waals surface area contributed by atoms with Crippen LogP contribution in [0.25, 0.3) is 0 Å². The van der Waals surface area contributed by atoms with Crippen molar-refractivity contribution in [1.29, 1.82) is 0 Å². The normalized spacial score (nSPS) is 34.1. The SMILES string of the molecule is CCC1CN(CC2(O)CCCC2)CCC1NC. The smallest absolute Gasteiger partial charge is 0.0774 e. The van der Waals surface area contributed by atoms with Crippen LogP contribution in [0.15, 0.2) is 0 Å². The van der Waals surface area contributed by atoms with Crippen LogP contribution in [0.3, 0.4) is 0 Å². The topological polar surface area (TPSA) is 35.5 Å². The summed E-state index contributed by atoms with van der Waals surface area (Å²) >= 11 is 0. The van der Waals surface area contributed by atoms with E-state index in [0.29, 0.717) is 6.04 Å². The van der Waals surface area contributed by atoms with Gasteiger partial charge in [0.2, 0.25) is 0 Å². The molecule has 2 rings (SSSR count). The van der Waals surface area contributed by atoms with E-state index in [2.05, 4.69) is 24.2 Å². The monoisotopic (exact) mass is 240 g/mol. The van der Waals surface area contributed by atoms with Crippen molar-refractivity contribution >= 4 is 0 Å². The summed E-state index contributed by atoms with van der Waals surface area (Å²) in [6.07, 6.45) is 6.90. The molecule has 2 atom stereocenters. The van der Waals surface area contributed by atoms with Crippen LogP contribution in [0.1, 0.15) is 45.4 Å². The van der Waals surface area contributed by atoms with E-state index in [1.54, 1.807) is 0 Å². The van der Waals surface area contributed by atoms with Gasteiger partial charge in [0.25, 0.3) is 0 Å². The van der Waals surface area contributed by atoms with Crippen molar-refractivity contribution in [3.05, 3.63) is 0 Å². The molecule has 1 heterocycles. The van der Waals surface area contributed by atoms with Crippen molar-refractivity contribution < 1.29 is 5.11 Å². The number of hydrogen-bond donors (Lipinski definition) is 2. The Morgan fingerprint density at radius 2 is 2.06 bits per heavy atom. The number of piperidine rings is 1. The van der Waals surface area contributed by atoms with Crippen molar-refractivity contribution in [3.63, 3.8) is 0 Å². The molecular formula is C14H28N2O. The van der Waals surface area contributed by atoms with Crippen molar-refractivity contribution in [2.75, 3.05) is 26.7 Å². The van der Waals surface area contributed by atoms with E-state index < -0.39 is 0 Å². The standard InChI is InChI=1S/C14H28N2O/c1-3-12-10-16(9-6-13(12)15-2)11-14(17)7-4-5-8-14/h12-13,15,17H,3-11H2,1-2H3. The zero-order valence-corrected chi connectivity index (χ0v) is 11.4. The predicted octanol–water partition coefficient (Wildman–Crippen LogP) is 1.61. The van der Waals surface area contributed by atoms with Gasteiger partial charge in [0, 0.05) is 19.1 Å². The van der Waals surface area contributed by atoms with Gasteiger partial charge >= 0.3 is 0 Å². The molecule has 2 unspecified atom stereocenters. The van der Waals surface area contributed by atoms with E-state index >= 15 is 0 Å². The van der Waals surface area contributed by atoms with Crippen LogP contribution in [0.2, 0.25) is 0 Å². The largest absolute Gasteiger partial charge is 0.389 e. The van der Waals surface area contributed by atoms with E-state index in [0.717, 1.165) is 38.4 Å². The lowest BCUT2D eigenvalue weighted by molar-refractivity contribution is -0.00651. The average Bonchev–Trinajstić information content (AvgIpc) is 2.75. The Bertz CT molecular complexity index is 238. The lowest BCUT2D eigenvalue weighted by Crippen LogP contribution is -2.52.